The Labute approximate surface area is 169 Å². The van der Waals surface area contributed by atoms with Gasteiger partial charge in [-0.15, -0.1) is 0 Å². The van der Waals surface area contributed by atoms with E-state index >= 15 is 0 Å². The van der Waals surface area contributed by atoms with Crippen LogP contribution in [0.4, 0.5) is 10.1 Å². The fourth-order valence-electron chi connectivity index (χ4n) is 2.82. The molecule has 5 nitrogen and oxygen atoms in total. The lowest BCUT2D eigenvalue weighted by atomic mass is 10.1. The zero-order chi connectivity index (χ0) is 21.0. The molecule has 0 fully saturated rings. The smallest absolute Gasteiger partial charge is 0.264 e. The van der Waals surface area contributed by atoms with Gasteiger partial charge in [0.15, 0.2) is 0 Å². The number of sulfonamides is 1. The van der Waals surface area contributed by atoms with Gasteiger partial charge in [-0.25, -0.2) is 12.8 Å². The van der Waals surface area contributed by atoms with E-state index in [2.05, 4.69) is 5.32 Å². The molecular weight excluding hydrogens is 391 g/mol. The van der Waals surface area contributed by atoms with Crippen LogP contribution in [0.5, 0.6) is 0 Å². The van der Waals surface area contributed by atoms with Gasteiger partial charge in [-0.1, -0.05) is 42.0 Å². The maximum absolute atomic E-state index is 13.0. The number of nitrogens with one attached hydrogen (secondary N) is 1. The van der Waals surface area contributed by atoms with Crippen molar-refractivity contribution in [3.05, 3.63) is 95.3 Å². The number of amides is 1. The highest BCUT2D eigenvalue weighted by atomic mass is 32.2. The zero-order valence-corrected chi connectivity index (χ0v) is 16.9. The lowest BCUT2D eigenvalue weighted by molar-refractivity contribution is 0.0951. The maximum atomic E-state index is 13.0. The Morgan fingerprint density at radius 3 is 2.24 bits per heavy atom. The number of hydrogen-bond donors (Lipinski definition) is 1. The second kappa shape index (κ2) is 8.45. The molecule has 150 valence electrons. The predicted molar refractivity (Wildman–Crippen MR) is 111 cm³/mol. The van der Waals surface area contributed by atoms with Crippen molar-refractivity contribution in [2.75, 3.05) is 11.4 Å². The molecular formula is C22H21FN2O3S. The van der Waals surface area contributed by atoms with Gasteiger partial charge in [-0.3, -0.25) is 9.10 Å². The average Bonchev–Trinajstić information content (AvgIpc) is 2.73. The van der Waals surface area contributed by atoms with Gasteiger partial charge in [0.1, 0.15) is 5.82 Å². The van der Waals surface area contributed by atoms with Crippen LogP contribution in [-0.2, 0) is 16.6 Å². The molecule has 0 saturated carbocycles. The van der Waals surface area contributed by atoms with Crippen LogP contribution < -0.4 is 9.62 Å². The van der Waals surface area contributed by atoms with Crippen molar-refractivity contribution >= 4 is 21.6 Å². The van der Waals surface area contributed by atoms with Crippen LogP contribution in [-0.4, -0.2) is 21.4 Å². The summed E-state index contributed by atoms with van der Waals surface area (Å²) >= 11 is 0. The van der Waals surface area contributed by atoms with E-state index in [-0.39, 0.29) is 28.5 Å². The number of aryl methyl sites for hydroxylation is 1. The number of benzene rings is 3. The average molecular weight is 412 g/mol. The molecule has 0 saturated heterocycles. The SMILES string of the molecule is Cc1ccc(S(=O)(=O)N(C)c2ccccc2C(=O)NCc2ccc(F)cc2)cc1. The lowest BCUT2D eigenvalue weighted by Gasteiger charge is -2.22. The first-order valence-corrected chi connectivity index (χ1v) is 10.4. The fourth-order valence-corrected chi connectivity index (χ4v) is 4.03. The predicted octanol–water partition coefficient (Wildman–Crippen LogP) is 3.89. The highest BCUT2D eigenvalue weighted by molar-refractivity contribution is 7.92. The molecule has 0 heterocycles. The molecule has 29 heavy (non-hydrogen) atoms. The highest BCUT2D eigenvalue weighted by Gasteiger charge is 2.24. The molecule has 7 heteroatoms. The summed E-state index contributed by atoms with van der Waals surface area (Å²) in [6.07, 6.45) is 0. The minimum absolute atomic E-state index is 0.145. The third-order valence-corrected chi connectivity index (χ3v) is 6.32. The molecule has 0 atom stereocenters. The molecule has 0 aliphatic heterocycles. The lowest BCUT2D eigenvalue weighted by Crippen LogP contribution is -2.30. The highest BCUT2D eigenvalue weighted by Crippen LogP contribution is 2.26. The molecule has 0 aliphatic carbocycles. The second-order valence-corrected chi connectivity index (χ2v) is 8.58. The Kier molecular flexibility index (Phi) is 5.98. The Morgan fingerprint density at radius 2 is 1.59 bits per heavy atom. The summed E-state index contributed by atoms with van der Waals surface area (Å²) in [6, 6.07) is 18.8. The summed E-state index contributed by atoms with van der Waals surface area (Å²) in [5.41, 5.74) is 2.18. The van der Waals surface area contributed by atoms with Gasteiger partial charge in [-0.2, -0.15) is 0 Å². The summed E-state index contributed by atoms with van der Waals surface area (Å²) in [5.74, 6) is -0.774. The van der Waals surface area contributed by atoms with Crippen LogP contribution in [0.2, 0.25) is 0 Å². The van der Waals surface area contributed by atoms with Crippen LogP contribution in [0.25, 0.3) is 0 Å². The summed E-state index contributed by atoms with van der Waals surface area (Å²) in [7, 11) is -2.41. The van der Waals surface area contributed by atoms with E-state index in [0.717, 1.165) is 15.4 Å². The number of para-hydroxylation sites is 1. The van der Waals surface area contributed by atoms with Gasteiger partial charge in [0.2, 0.25) is 0 Å². The van der Waals surface area contributed by atoms with Gasteiger partial charge in [0.25, 0.3) is 15.9 Å². The van der Waals surface area contributed by atoms with E-state index in [0.29, 0.717) is 0 Å². The molecule has 3 aromatic carbocycles. The van der Waals surface area contributed by atoms with Crippen molar-refractivity contribution in [2.45, 2.75) is 18.4 Å². The third-order valence-electron chi connectivity index (χ3n) is 4.53. The number of carbonyl (C=O) groups is 1. The molecule has 0 aromatic heterocycles. The van der Waals surface area contributed by atoms with Crippen molar-refractivity contribution in [2.24, 2.45) is 0 Å². The summed E-state index contributed by atoms with van der Waals surface area (Å²) in [6.45, 7) is 2.07. The minimum atomic E-state index is -3.83. The number of anilines is 1. The van der Waals surface area contributed by atoms with E-state index in [1.165, 1.54) is 19.2 Å². The first kappa shape index (κ1) is 20.5. The Morgan fingerprint density at radius 1 is 0.966 bits per heavy atom. The Balaban J connectivity index is 1.84. The summed E-state index contributed by atoms with van der Waals surface area (Å²) in [4.78, 5) is 12.9. The molecule has 0 unspecified atom stereocenters. The minimum Gasteiger partial charge on any atom is -0.348 e. The summed E-state index contributed by atoms with van der Waals surface area (Å²) < 4.78 is 40.1. The zero-order valence-electron chi connectivity index (χ0n) is 16.1. The van der Waals surface area contributed by atoms with Gasteiger partial charge in [0.05, 0.1) is 16.1 Å². The van der Waals surface area contributed by atoms with Gasteiger partial charge in [0, 0.05) is 13.6 Å². The molecule has 3 aromatic rings. The molecule has 0 spiro atoms. The number of hydrogen-bond acceptors (Lipinski definition) is 3. The van der Waals surface area contributed by atoms with Crippen molar-refractivity contribution in [1.82, 2.24) is 5.32 Å². The van der Waals surface area contributed by atoms with Crippen molar-refractivity contribution < 1.29 is 17.6 Å². The van der Waals surface area contributed by atoms with Gasteiger partial charge >= 0.3 is 0 Å². The fraction of sp³-hybridized carbons (Fsp3) is 0.136. The van der Waals surface area contributed by atoms with Crippen LogP contribution in [0.3, 0.4) is 0 Å². The van der Waals surface area contributed by atoms with E-state index in [9.17, 15) is 17.6 Å². The Bertz CT molecular complexity index is 1110. The second-order valence-electron chi connectivity index (χ2n) is 6.61. The topological polar surface area (TPSA) is 66.5 Å². The monoisotopic (exact) mass is 412 g/mol. The van der Waals surface area contributed by atoms with Crippen molar-refractivity contribution in [1.29, 1.82) is 0 Å². The maximum Gasteiger partial charge on any atom is 0.264 e. The first-order valence-electron chi connectivity index (χ1n) is 8.96. The van der Waals surface area contributed by atoms with E-state index in [1.807, 2.05) is 6.92 Å². The number of carbonyl (C=O) groups excluding carboxylic acids is 1. The molecule has 0 radical (unpaired) electrons. The largest absolute Gasteiger partial charge is 0.348 e. The molecule has 0 aliphatic rings. The van der Waals surface area contributed by atoms with Crippen LogP contribution >= 0.6 is 0 Å². The number of rotatable bonds is 6. The van der Waals surface area contributed by atoms with E-state index < -0.39 is 15.9 Å². The first-order chi connectivity index (χ1) is 13.8. The number of halogens is 1. The number of nitrogens with zero attached hydrogens (tertiary/aromatic N) is 1. The van der Waals surface area contributed by atoms with Gasteiger partial charge in [-0.05, 0) is 48.9 Å². The van der Waals surface area contributed by atoms with Gasteiger partial charge < -0.3 is 5.32 Å². The van der Waals surface area contributed by atoms with E-state index in [4.69, 9.17) is 0 Å². The normalized spacial score (nSPS) is 11.1. The molecule has 1 amide bonds. The summed E-state index contributed by atoms with van der Waals surface area (Å²) in [5, 5.41) is 2.75. The molecule has 0 bridgehead atoms. The molecule has 1 N–H and O–H groups in total. The third kappa shape index (κ3) is 4.63. The van der Waals surface area contributed by atoms with Crippen molar-refractivity contribution in [3.8, 4) is 0 Å². The van der Waals surface area contributed by atoms with Crippen LogP contribution in [0, 0.1) is 12.7 Å². The standard InChI is InChI=1S/C22H21FN2O3S/c1-16-7-13-19(14-8-16)29(27,28)25(2)21-6-4-3-5-20(21)22(26)24-15-17-9-11-18(23)12-10-17/h3-14H,15H2,1-2H3,(H,24,26). The Hall–Kier alpha value is -3.19. The van der Waals surface area contributed by atoms with E-state index in [1.54, 1.807) is 60.7 Å². The van der Waals surface area contributed by atoms with Crippen LogP contribution in [0.1, 0.15) is 21.5 Å². The molecule has 3 rings (SSSR count). The quantitative estimate of drug-likeness (QED) is 0.668. The van der Waals surface area contributed by atoms with Crippen molar-refractivity contribution in [3.63, 3.8) is 0 Å². The van der Waals surface area contributed by atoms with Crippen LogP contribution in [0.15, 0.2) is 77.7 Å².